The van der Waals surface area contributed by atoms with E-state index in [1.165, 1.54) is 6.33 Å². The van der Waals surface area contributed by atoms with Crippen LogP contribution >= 0.6 is 11.6 Å². The summed E-state index contributed by atoms with van der Waals surface area (Å²) in [4.78, 5) is 14.8. The first kappa shape index (κ1) is 10.5. The zero-order valence-corrected chi connectivity index (χ0v) is 10.1. The van der Waals surface area contributed by atoms with Crippen molar-refractivity contribution in [3.63, 3.8) is 0 Å². The molecule has 3 rings (SSSR count). The maximum Gasteiger partial charge on any atom is 0.141 e. The van der Waals surface area contributed by atoms with Crippen LogP contribution in [0.25, 0.3) is 0 Å². The van der Waals surface area contributed by atoms with Gasteiger partial charge in [-0.25, -0.2) is 9.97 Å². The maximum atomic E-state index is 6.07. The zero-order valence-electron chi connectivity index (χ0n) is 9.39. The van der Waals surface area contributed by atoms with Gasteiger partial charge in [0.1, 0.15) is 17.3 Å². The third-order valence-corrected chi connectivity index (χ3v) is 3.31. The van der Waals surface area contributed by atoms with Crippen LogP contribution in [0.15, 0.2) is 24.7 Å². The summed E-state index contributed by atoms with van der Waals surface area (Å²) in [5, 5.41) is 0.555. The number of hydrogen-bond donors (Lipinski definition) is 0. The number of fused-ring (bicyclic) bond motifs is 1. The molecule has 0 N–H and O–H groups in total. The van der Waals surface area contributed by atoms with Gasteiger partial charge in [0.2, 0.25) is 0 Å². The number of halogens is 1. The van der Waals surface area contributed by atoms with Gasteiger partial charge in [0.15, 0.2) is 0 Å². The van der Waals surface area contributed by atoms with Crippen LogP contribution in [0.3, 0.4) is 0 Å². The van der Waals surface area contributed by atoms with Crippen molar-refractivity contribution in [1.82, 2.24) is 15.0 Å². The molecule has 2 aromatic heterocycles. The largest absolute Gasteiger partial charge is 0.324 e. The summed E-state index contributed by atoms with van der Waals surface area (Å²) < 4.78 is 0. The molecule has 0 aliphatic carbocycles. The predicted octanol–water partition coefficient (Wildman–Crippen LogP) is 2.53. The first-order valence-corrected chi connectivity index (χ1v) is 5.83. The van der Waals surface area contributed by atoms with E-state index in [1.54, 1.807) is 6.20 Å². The first-order chi connectivity index (χ1) is 8.27. The minimum atomic E-state index is 0.555. The standard InChI is InChI=1S/C12H11ClN4/c1-8-10(3-2-5-14-8)17-6-4-9-11(13)15-7-16-12(9)17/h2-3,5,7H,4,6H2,1H3. The highest BCUT2D eigenvalue weighted by Crippen LogP contribution is 2.35. The van der Waals surface area contributed by atoms with Crippen molar-refractivity contribution in [3.8, 4) is 0 Å². The average Bonchev–Trinajstić information content (AvgIpc) is 2.75. The van der Waals surface area contributed by atoms with Gasteiger partial charge in [-0.15, -0.1) is 0 Å². The fraction of sp³-hybridized carbons (Fsp3) is 0.250. The maximum absolute atomic E-state index is 6.07. The molecule has 0 unspecified atom stereocenters. The van der Waals surface area contributed by atoms with Crippen LogP contribution in [0.1, 0.15) is 11.3 Å². The monoisotopic (exact) mass is 246 g/mol. The van der Waals surface area contributed by atoms with Crippen LogP contribution in [0, 0.1) is 6.92 Å². The highest BCUT2D eigenvalue weighted by atomic mass is 35.5. The second kappa shape index (κ2) is 3.96. The fourth-order valence-electron chi connectivity index (χ4n) is 2.15. The highest BCUT2D eigenvalue weighted by Gasteiger charge is 2.25. The van der Waals surface area contributed by atoms with E-state index >= 15 is 0 Å². The third-order valence-electron chi connectivity index (χ3n) is 2.98. The molecule has 4 nitrogen and oxygen atoms in total. The minimum absolute atomic E-state index is 0.555. The van der Waals surface area contributed by atoms with Crippen molar-refractivity contribution >= 4 is 23.1 Å². The Kier molecular flexibility index (Phi) is 2.44. The van der Waals surface area contributed by atoms with E-state index in [4.69, 9.17) is 11.6 Å². The molecule has 0 radical (unpaired) electrons. The molecule has 0 saturated heterocycles. The SMILES string of the molecule is Cc1ncccc1N1CCc2c(Cl)ncnc21. The Morgan fingerprint density at radius 1 is 1.29 bits per heavy atom. The second-order valence-electron chi connectivity index (χ2n) is 3.98. The Labute approximate surface area is 104 Å². The quantitative estimate of drug-likeness (QED) is 0.725. The number of pyridine rings is 1. The molecular formula is C12H11ClN4. The number of aromatic nitrogens is 3. The summed E-state index contributed by atoms with van der Waals surface area (Å²) >= 11 is 6.07. The van der Waals surface area contributed by atoms with Gasteiger partial charge in [0.05, 0.1) is 11.4 Å². The molecule has 0 amide bonds. The van der Waals surface area contributed by atoms with Gasteiger partial charge < -0.3 is 4.90 Å². The van der Waals surface area contributed by atoms with Crippen molar-refractivity contribution in [2.24, 2.45) is 0 Å². The van der Waals surface area contributed by atoms with Gasteiger partial charge >= 0.3 is 0 Å². The summed E-state index contributed by atoms with van der Waals surface area (Å²) in [6, 6.07) is 3.98. The van der Waals surface area contributed by atoms with Crippen molar-refractivity contribution in [2.75, 3.05) is 11.4 Å². The number of rotatable bonds is 1. The fourth-order valence-corrected chi connectivity index (χ4v) is 2.38. The van der Waals surface area contributed by atoms with E-state index in [0.717, 1.165) is 35.7 Å². The topological polar surface area (TPSA) is 41.9 Å². The van der Waals surface area contributed by atoms with Crippen LogP contribution in [0.4, 0.5) is 11.5 Å². The van der Waals surface area contributed by atoms with E-state index < -0.39 is 0 Å². The smallest absolute Gasteiger partial charge is 0.141 e. The predicted molar refractivity (Wildman–Crippen MR) is 66.7 cm³/mol. The summed E-state index contributed by atoms with van der Waals surface area (Å²) in [5.41, 5.74) is 3.11. The first-order valence-electron chi connectivity index (χ1n) is 5.46. The van der Waals surface area contributed by atoms with E-state index in [2.05, 4.69) is 19.9 Å². The third kappa shape index (κ3) is 1.65. The number of nitrogens with zero attached hydrogens (tertiary/aromatic N) is 4. The molecular weight excluding hydrogens is 236 g/mol. The van der Waals surface area contributed by atoms with Crippen molar-refractivity contribution < 1.29 is 0 Å². The Morgan fingerprint density at radius 3 is 3.00 bits per heavy atom. The van der Waals surface area contributed by atoms with E-state index in [1.807, 2.05) is 19.1 Å². The van der Waals surface area contributed by atoms with E-state index in [-0.39, 0.29) is 0 Å². The van der Waals surface area contributed by atoms with Gasteiger partial charge in [0, 0.05) is 18.3 Å². The summed E-state index contributed by atoms with van der Waals surface area (Å²) in [7, 11) is 0. The van der Waals surface area contributed by atoms with Crippen LogP contribution in [0.5, 0.6) is 0 Å². The van der Waals surface area contributed by atoms with Gasteiger partial charge in [-0.05, 0) is 25.5 Å². The van der Waals surface area contributed by atoms with Gasteiger partial charge in [-0.1, -0.05) is 11.6 Å². The minimum Gasteiger partial charge on any atom is -0.324 e. The molecule has 3 heterocycles. The lowest BCUT2D eigenvalue weighted by Crippen LogP contribution is -2.15. The molecule has 5 heteroatoms. The molecule has 17 heavy (non-hydrogen) atoms. The van der Waals surface area contributed by atoms with Crippen molar-refractivity contribution in [2.45, 2.75) is 13.3 Å². The van der Waals surface area contributed by atoms with E-state index in [9.17, 15) is 0 Å². The van der Waals surface area contributed by atoms with Crippen LogP contribution in [-0.4, -0.2) is 21.5 Å². The normalized spacial score (nSPS) is 13.9. The molecule has 86 valence electrons. The zero-order chi connectivity index (χ0) is 11.8. The molecule has 1 aliphatic heterocycles. The average molecular weight is 247 g/mol. The van der Waals surface area contributed by atoms with Crippen LogP contribution in [0.2, 0.25) is 5.15 Å². The Morgan fingerprint density at radius 2 is 2.18 bits per heavy atom. The Hall–Kier alpha value is -1.68. The van der Waals surface area contributed by atoms with Crippen molar-refractivity contribution in [3.05, 3.63) is 41.1 Å². The summed E-state index contributed by atoms with van der Waals surface area (Å²) in [6.45, 7) is 2.87. The molecule has 1 aliphatic rings. The highest BCUT2D eigenvalue weighted by molar-refractivity contribution is 6.30. The Balaban J connectivity index is 2.11. The lowest BCUT2D eigenvalue weighted by molar-refractivity contribution is 0.973. The molecule has 0 saturated carbocycles. The lowest BCUT2D eigenvalue weighted by atomic mass is 10.3. The second-order valence-corrected chi connectivity index (χ2v) is 4.33. The van der Waals surface area contributed by atoms with Gasteiger partial charge in [-0.3, -0.25) is 4.98 Å². The van der Waals surface area contributed by atoms with Crippen LogP contribution < -0.4 is 4.90 Å². The van der Waals surface area contributed by atoms with E-state index in [0.29, 0.717) is 5.15 Å². The number of aryl methyl sites for hydroxylation is 1. The molecule has 0 bridgehead atoms. The lowest BCUT2D eigenvalue weighted by Gasteiger charge is -2.19. The van der Waals surface area contributed by atoms with Gasteiger partial charge in [-0.2, -0.15) is 0 Å². The van der Waals surface area contributed by atoms with Crippen LogP contribution in [-0.2, 0) is 6.42 Å². The molecule has 0 aromatic carbocycles. The Bertz CT molecular complexity index is 570. The summed E-state index contributed by atoms with van der Waals surface area (Å²) in [6.07, 6.45) is 4.18. The molecule has 0 spiro atoms. The summed E-state index contributed by atoms with van der Waals surface area (Å²) in [5.74, 6) is 0.904. The molecule has 2 aromatic rings. The number of anilines is 2. The van der Waals surface area contributed by atoms with Crippen molar-refractivity contribution in [1.29, 1.82) is 0 Å². The molecule has 0 fully saturated rings. The number of hydrogen-bond acceptors (Lipinski definition) is 4. The molecule has 0 atom stereocenters. The van der Waals surface area contributed by atoms with Gasteiger partial charge in [0.25, 0.3) is 0 Å².